The fraction of sp³-hybridized carbons (Fsp3) is 0.381. The van der Waals surface area contributed by atoms with Crippen molar-refractivity contribution in [2.45, 2.75) is 38.6 Å². The van der Waals surface area contributed by atoms with Crippen molar-refractivity contribution in [1.82, 2.24) is 9.55 Å². The number of rotatable bonds is 9. The number of hydrogen-bond donors (Lipinski definition) is 1. The molecule has 3 rings (SSSR count). The molecule has 3 aromatic rings. The number of methoxy groups -OCH3 is 1. The molecule has 1 aromatic heterocycles. The highest BCUT2D eigenvalue weighted by Crippen LogP contribution is 2.21. The Morgan fingerprint density at radius 3 is 2.48 bits per heavy atom. The molecule has 0 atom stereocenters. The number of aliphatic hydroxyl groups is 1. The fourth-order valence-corrected chi connectivity index (χ4v) is 3.17. The normalized spacial score (nSPS) is 11.1. The van der Waals surface area contributed by atoms with Gasteiger partial charge in [-0.2, -0.15) is 0 Å². The van der Waals surface area contributed by atoms with Crippen molar-refractivity contribution in [2.24, 2.45) is 0 Å². The molecule has 1 heterocycles. The first kappa shape index (κ1) is 17.5. The molecule has 0 spiro atoms. The molecular weight excluding hydrogens is 312 g/mol. The molecular formula is C21H26N2O2. The van der Waals surface area contributed by atoms with Crippen LogP contribution in [0.3, 0.4) is 0 Å². The van der Waals surface area contributed by atoms with Crippen LogP contribution in [0.25, 0.3) is 11.0 Å². The zero-order valence-corrected chi connectivity index (χ0v) is 14.8. The maximum atomic E-state index is 8.91. The predicted octanol–water partition coefficient (Wildman–Crippen LogP) is 4.19. The van der Waals surface area contributed by atoms with Crippen LogP contribution in [0.15, 0.2) is 48.5 Å². The molecule has 1 N–H and O–H groups in total. The summed E-state index contributed by atoms with van der Waals surface area (Å²) >= 11 is 0. The molecule has 0 saturated carbocycles. The third kappa shape index (κ3) is 4.40. The van der Waals surface area contributed by atoms with Gasteiger partial charge in [-0.25, -0.2) is 4.98 Å². The van der Waals surface area contributed by atoms with Gasteiger partial charge in [0.15, 0.2) is 0 Å². The largest absolute Gasteiger partial charge is 0.497 e. The SMILES string of the molecule is COc1ccc(Cc2nc3ccccc3n2CCCCCCO)cc1. The van der Waals surface area contributed by atoms with E-state index in [9.17, 15) is 0 Å². The molecule has 0 bridgehead atoms. The summed E-state index contributed by atoms with van der Waals surface area (Å²) in [6.07, 6.45) is 5.03. The van der Waals surface area contributed by atoms with Gasteiger partial charge >= 0.3 is 0 Å². The maximum absolute atomic E-state index is 8.91. The van der Waals surface area contributed by atoms with E-state index in [0.717, 1.165) is 55.7 Å². The molecule has 4 heteroatoms. The molecule has 0 amide bonds. The minimum absolute atomic E-state index is 0.288. The Bertz CT molecular complexity index is 793. The average molecular weight is 338 g/mol. The summed E-state index contributed by atoms with van der Waals surface area (Å²) in [5, 5.41) is 8.91. The molecule has 0 aliphatic heterocycles. The van der Waals surface area contributed by atoms with E-state index in [-0.39, 0.29) is 6.61 Å². The molecule has 2 aromatic carbocycles. The number of aryl methyl sites for hydroxylation is 1. The molecule has 132 valence electrons. The van der Waals surface area contributed by atoms with Crippen LogP contribution in [0.4, 0.5) is 0 Å². The minimum Gasteiger partial charge on any atom is -0.497 e. The number of aromatic nitrogens is 2. The van der Waals surface area contributed by atoms with Gasteiger partial charge in [0.05, 0.1) is 18.1 Å². The predicted molar refractivity (Wildman–Crippen MR) is 101 cm³/mol. The Hall–Kier alpha value is -2.33. The van der Waals surface area contributed by atoms with Gasteiger partial charge in [-0.15, -0.1) is 0 Å². The summed E-state index contributed by atoms with van der Waals surface area (Å²) in [7, 11) is 1.69. The Kier molecular flexibility index (Phi) is 6.07. The Labute approximate surface area is 149 Å². The van der Waals surface area contributed by atoms with Crippen molar-refractivity contribution in [3.8, 4) is 5.75 Å². The van der Waals surface area contributed by atoms with Crippen molar-refractivity contribution in [1.29, 1.82) is 0 Å². The number of aliphatic hydroxyl groups excluding tert-OH is 1. The molecule has 0 fully saturated rings. The number of benzene rings is 2. The van der Waals surface area contributed by atoms with Crippen molar-refractivity contribution in [3.63, 3.8) is 0 Å². The van der Waals surface area contributed by atoms with Crippen molar-refractivity contribution >= 4 is 11.0 Å². The zero-order chi connectivity index (χ0) is 17.5. The minimum atomic E-state index is 0.288. The highest BCUT2D eigenvalue weighted by Gasteiger charge is 2.11. The molecule has 25 heavy (non-hydrogen) atoms. The highest BCUT2D eigenvalue weighted by atomic mass is 16.5. The summed E-state index contributed by atoms with van der Waals surface area (Å²) in [6.45, 7) is 1.26. The number of unbranched alkanes of at least 4 members (excludes halogenated alkanes) is 3. The van der Waals surface area contributed by atoms with Gasteiger partial charge in [0.2, 0.25) is 0 Å². The summed E-state index contributed by atoms with van der Waals surface area (Å²) in [5.41, 5.74) is 3.49. The second-order valence-electron chi connectivity index (χ2n) is 6.33. The van der Waals surface area contributed by atoms with E-state index >= 15 is 0 Å². The second-order valence-corrected chi connectivity index (χ2v) is 6.33. The summed E-state index contributed by atoms with van der Waals surface area (Å²) in [6, 6.07) is 16.5. The van der Waals surface area contributed by atoms with Crippen LogP contribution in [0.5, 0.6) is 5.75 Å². The van der Waals surface area contributed by atoms with Crippen LogP contribution in [-0.2, 0) is 13.0 Å². The molecule has 0 unspecified atom stereocenters. The molecule has 0 aliphatic carbocycles. The third-order valence-electron chi connectivity index (χ3n) is 4.54. The van der Waals surface area contributed by atoms with E-state index in [1.165, 1.54) is 11.1 Å². The van der Waals surface area contributed by atoms with Gasteiger partial charge in [-0.3, -0.25) is 0 Å². The monoisotopic (exact) mass is 338 g/mol. The maximum Gasteiger partial charge on any atom is 0.118 e. The average Bonchev–Trinajstić information content (AvgIpc) is 2.99. The van der Waals surface area contributed by atoms with Crippen molar-refractivity contribution in [2.75, 3.05) is 13.7 Å². The van der Waals surface area contributed by atoms with E-state index < -0.39 is 0 Å². The Balaban J connectivity index is 1.79. The van der Waals surface area contributed by atoms with Crippen LogP contribution in [0.2, 0.25) is 0 Å². The first-order valence-electron chi connectivity index (χ1n) is 9.00. The van der Waals surface area contributed by atoms with E-state index in [0.29, 0.717) is 0 Å². The standard InChI is InChI=1S/C21H26N2O2/c1-25-18-12-10-17(11-13-18)16-21-22-19-8-4-5-9-20(19)23(21)14-6-2-3-7-15-24/h4-5,8-13,24H,2-3,6-7,14-16H2,1H3. The quantitative estimate of drug-likeness (QED) is 0.595. The Morgan fingerprint density at radius 2 is 1.72 bits per heavy atom. The van der Waals surface area contributed by atoms with Gasteiger partial charge in [0.25, 0.3) is 0 Å². The van der Waals surface area contributed by atoms with Crippen LogP contribution in [-0.4, -0.2) is 28.4 Å². The van der Waals surface area contributed by atoms with Crippen LogP contribution < -0.4 is 4.74 Å². The van der Waals surface area contributed by atoms with E-state index in [4.69, 9.17) is 14.8 Å². The number of para-hydroxylation sites is 2. The van der Waals surface area contributed by atoms with Gasteiger partial charge in [0.1, 0.15) is 11.6 Å². The Morgan fingerprint density at radius 1 is 0.960 bits per heavy atom. The topological polar surface area (TPSA) is 47.3 Å². The summed E-state index contributed by atoms with van der Waals surface area (Å²) < 4.78 is 7.58. The van der Waals surface area contributed by atoms with Gasteiger partial charge < -0.3 is 14.4 Å². The van der Waals surface area contributed by atoms with Gasteiger partial charge in [-0.05, 0) is 42.7 Å². The lowest BCUT2D eigenvalue weighted by atomic mass is 10.1. The van der Waals surface area contributed by atoms with Crippen molar-refractivity contribution < 1.29 is 9.84 Å². The van der Waals surface area contributed by atoms with Crippen LogP contribution in [0, 0.1) is 0 Å². The third-order valence-corrected chi connectivity index (χ3v) is 4.54. The summed E-state index contributed by atoms with van der Waals surface area (Å²) in [5.74, 6) is 1.98. The van der Waals surface area contributed by atoms with E-state index in [1.807, 2.05) is 18.2 Å². The molecule has 0 aliphatic rings. The number of ether oxygens (including phenoxy) is 1. The van der Waals surface area contributed by atoms with Crippen molar-refractivity contribution in [3.05, 3.63) is 59.9 Å². The smallest absolute Gasteiger partial charge is 0.118 e. The van der Waals surface area contributed by atoms with Crippen LogP contribution >= 0.6 is 0 Å². The van der Waals surface area contributed by atoms with Gasteiger partial charge in [0, 0.05) is 19.6 Å². The second kappa shape index (κ2) is 8.67. The van der Waals surface area contributed by atoms with E-state index in [2.05, 4.69) is 34.9 Å². The number of hydrogen-bond acceptors (Lipinski definition) is 3. The molecule has 4 nitrogen and oxygen atoms in total. The lowest BCUT2D eigenvalue weighted by Crippen LogP contribution is -2.05. The highest BCUT2D eigenvalue weighted by molar-refractivity contribution is 5.76. The van der Waals surface area contributed by atoms with Crippen LogP contribution in [0.1, 0.15) is 37.1 Å². The molecule has 0 saturated heterocycles. The lowest BCUT2D eigenvalue weighted by molar-refractivity contribution is 0.282. The van der Waals surface area contributed by atoms with Gasteiger partial charge in [-0.1, -0.05) is 37.1 Å². The first-order chi connectivity index (χ1) is 12.3. The zero-order valence-electron chi connectivity index (χ0n) is 14.8. The number of fused-ring (bicyclic) bond motifs is 1. The summed E-state index contributed by atoms with van der Waals surface area (Å²) in [4.78, 5) is 4.86. The fourth-order valence-electron chi connectivity index (χ4n) is 3.17. The van der Waals surface area contributed by atoms with E-state index in [1.54, 1.807) is 7.11 Å². The molecule has 0 radical (unpaired) electrons. The lowest BCUT2D eigenvalue weighted by Gasteiger charge is -2.10. The first-order valence-corrected chi connectivity index (χ1v) is 9.00. The number of imidazole rings is 1. The number of nitrogens with zero attached hydrogens (tertiary/aromatic N) is 2.